The van der Waals surface area contributed by atoms with Crippen molar-refractivity contribution in [3.05, 3.63) is 35.9 Å². The minimum atomic E-state index is -0.562. The first-order valence-corrected chi connectivity index (χ1v) is 13.7. The van der Waals surface area contributed by atoms with Gasteiger partial charge in [-0.1, -0.05) is 146 Å². The predicted octanol–water partition coefficient (Wildman–Crippen LogP) is 8.14. The van der Waals surface area contributed by atoms with Gasteiger partial charge in [-0.2, -0.15) is 0 Å². The van der Waals surface area contributed by atoms with Gasteiger partial charge >= 0.3 is 5.97 Å². The zero-order valence-electron chi connectivity index (χ0n) is 21.0. The first-order valence-electron chi connectivity index (χ1n) is 13.7. The Morgan fingerprint density at radius 2 is 1.09 bits per heavy atom. The van der Waals surface area contributed by atoms with Gasteiger partial charge in [0.25, 0.3) is 0 Å². The van der Waals surface area contributed by atoms with Crippen molar-refractivity contribution in [3.8, 4) is 0 Å². The molecular formula is C29H51NO2. The van der Waals surface area contributed by atoms with Crippen LogP contribution >= 0.6 is 0 Å². The molecule has 2 N–H and O–H groups in total. The lowest BCUT2D eigenvalue weighted by Gasteiger charge is -2.11. The summed E-state index contributed by atoms with van der Waals surface area (Å²) in [7, 11) is 0. The molecule has 1 aromatic rings. The minimum Gasteiger partial charge on any atom is -0.465 e. The summed E-state index contributed by atoms with van der Waals surface area (Å²) in [5.74, 6) is -0.277. The van der Waals surface area contributed by atoms with Crippen molar-refractivity contribution in [1.29, 1.82) is 0 Å². The van der Waals surface area contributed by atoms with Gasteiger partial charge in [-0.25, -0.2) is 0 Å². The molecule has 3 nitrogen and oxygen atoms in total. The zero-order chi connectivity index (χ0) is 23.1. The highest BCUT2D eigenvalue weighted by Gasteiger charge is 2.15. The molecule has 0 fully saturated rings. The van der Waals surface area contributed by atoms with Gasteiger partial charge in [-0.15, -0.1) is 0 Å². The van der Waals surface area contributed by atoms with E-state index < -0.39 is 6.04 Å². The Morgan fingerprint density at radius 1 is 0.688 bits per heavy atom. The van der Waals surface area contributed by atoms with Gasteiger partial charge in [0.1, 0.15) is 6.04 Å². The second-order valence-electron chi connectivity index (χ2n) is 9.47. The molecule has 0 spiro atoms. The molecular weight excluding hydrogens is 394 g/mol. The molecule has 1 aromatic carbocycles. The number of carbonyl (C=O) groups is 1. The first-order chi connectivity index (χ1) is 15.7. The lowest BCUT2D eigenvalue weighted by atomic mass is 10.0. The average Bonchev–Trinajstić information content (AvgIpc) is 2.81. The highest BCUT2D eigenvalue weighted by Crippen LogP contribution is 2.14. The molecule has 0 heterocycles. The van der Waals surface area contributed by atoms with E-state index in [1.807, 2.05) is 30.3 Å². The number of carbonyl (C=O) groups excluding carboxylic acids is 1. The Bertz CT molecular complexity index is 531. The van der Waals surface area contributed by atoms with Crippen molar-refractivity contribution < 1.29 is 9.53 Å². The summed E-state index contributed by atoms with van der Waals surface area (Å²) in [6, 6.07) is 9.31. The molecule has 32 heavy (non-hydrogen) atoms. The summed E-state index contributed by atoms with van der Waals surface area (Å²) in [6.45, 7) is 2.79. The van der Waals surface area contributed by atoms with Crippen LogP contribution in [-0.4, -0.2) is 18.6 Å². The largest absolute Gasteiger partial charge is 0.465 e. The fourth-order valence-corrected chi connectivity index (χ4v) is 4.23. The van der Waals surface area contributed by atoms with E-state index >= 15 is 0 Å². The van der Waals surface area contributed by atoms with Gasteiger partial charge in [-0.3, -0.25) is 4.79 Å². The smallest absolute Gasteiger partial charge is 0.323 e. The van der Waals surface area contributed by atoms with Crippen LogP contribution in [0.15, 0.2) is 30.3 Å². The Balaban J connectivity index is 1.77. The van der Waals surface area contributed by atoms with Crippen LogP contribution in [0.1, 0.15) is 128 Å². The zero-order valence-corrected chi connectivity index (χ0v) is 21.0. The van der Waals surface area contributed by atoms with Crippen molar-refractivity contribution in [3.63, 3.8) is 0 Å². The van der Waals surface area contributed by atoms with Crippen LogP contribution in [0.4, 0.5) is 0 Å². The van der Waals surface area contributed by atoms with Crippen molar-refractivity contribution in [2.45, 2.75) is 135 Å². The molecule has 0 aliphatic rings. The van der Waals surface area contributed by atoms with E-state index in [2.05, 4.69) is 6.92 Å². The van der Waals surface area contributed by atoms with E-state index in [1.54, 1.807) is 0 Å². The number of esters is 1. The number of hydrogen-bond acceptors (Lipinski definition) is 3. The van der Waals surface area contributed by atoms with Crippen molar-refractivity contribution in [2.75, 3.05) is 6.61 Å². The second kappa shape index (κ2) is 21.5. The Hall–Kier alpha value is -1.35. The maximum atomic E-state index is 12.0. The van der Waals surface area contributed by atoms with Crippen LogP contribution in [0.25, 0.3) is 0 Å². The van der Waals surface area contributed by atoms with E-state index in [9.17, 15) is 4.79 Å². The van der Waals surface area contributed by atoms with E-state index in [4.69, 9.17) is 10.5 Å². The normalized spacial score (nSPS) is 12.1. The van der Waals surface area contributed by atoms with Gasteiger partial charge in [0.2, 0.25) is 0 Å². The number of benzene rings is 1. The molecule has 0 unspecified atom stereocenters. The standard InChI is InChI=1S/C29H51NO2/c1-2-3-4-5-6-7-8-9-10-11-12-13-14-15-16-17-18-22-25-32-29(31)28(30)26-27-23-20-19-21-24-27/h19-21,23-24,28H,2-18,22,25-26,30H2,1H3/t28-/m0/s1. The Kier molecular flexibility index (Phi) is 19.3. The third kappa shape index (κ3) is 17.2. The molecule has 0 radical (unpaired) electrons. The molecule has 0 saturated heterocycles. The molecule has 0 aliphatic heterocycles. The summed E-state index contributed by atoms with van der Waals surface area (Å²) < 4.78 is 5.34. The summed E-state index contributed by atoms with van der Waals surface area (Å²) >= 11 is 0. The van der Waals surface area contributed by atoms with Crippen LogP contribution in [-0.2, 0) is 16.0 Å². The lowest BCUT2D eigenvalue weighted by Crippen LogP contribution is -2.34. The fraction of sp³-hybridized carbons (Fsp3) is 0.759. The van der Waals surface area contributed by atoms with Gasteiger partial charge in [-0.05, 0) is 18.4 Å². The number of ether oxygens (including phenoxy) is 1. The van der Waals surface area contributed by atoms with Crippen LogP contribution in [0.3, 0.4) is 0 Å². The second-order valence-corrected chi connectivity index (χ2v) is 9.47. The van der Waals surface area contributed by atoms with Crippen molar-refractivity contribution in [2.24, 2.45) is 5.73 Å². The van der Waals surface area contributed by atoms with Gasteiger partial charge < -0.3 is 10.5 Å². The molecule has 1 rings (SSSR count). The number of unbranched alkanes of at least 4 members (excludes halogenated alkanes) is 17. The van der Waals surface area contributed by atoms with E-state index in [0.717, 1.165) is 18.4 Å². The number of rotatable bonds is 22. The molecule has 0 bridgehead atoms. The third-order valence-electron chi connectivity index (χ3n) is 6.34. The summed E-state index contributed by atoms with van der Waals surface area (Å²) in [5, 5.41) is 0. The van der Waals surface area contributed by atoms with Crippen molar-refractivity contribution in [1.82, 2.24) is 0 Å². The Morgan fingerprint density at radius 3 is 1.53 bits per heavy atom. The van der Waals surface area contributed by atoms with E-state index in [-0.39, 0.29) is 5.97 Å². The van der Waals surface area contributed by atoms with Crippen molar-refractivity contribution >= 4 is 5.97 Å². The van der Waals surface area contributed by atoms with Crippen LogP contribution in [0.5, 0.6) is 0 Å². The van der Waals surface area contributed by atoms with Gasteiger partial charge in [0.15, 0.2) is 0 Å². The van der Waals surface area contributed by atoms with Gasteiger partial charge in [0.05, 0.1) is 6.61 Å². The van der Waals surface area contributed by atoms with E-state index in [0.29, 0.717) is 13.0 Å². The van der Waals surface area contributed by atoms with Crippen LogP contribution < -0.4 is 5.73 Å². The SMILES string of the molecule is CCCCCCCCCCCCCCCCCCCCOC(=O)[C@@H](N)Cc1ccccc1. The minimum absolute atomic E-state index is 0.277. The highest BCUT2D eigenvalue weighted by molar-refractivity contribution is 5.75. The maximum absolute atomic E-state index is 12.0. The molecule has 1 atom stereocenters. The monoisotopic (exact) mass is 445 g/mol. The molecule has 0 aliphatic carbocycles. The third-order valence-corrected chi connectivity index (χ3v) is 6.34. The number of hydrogen-bond donors (Lipinski definition) is 1. The fourth-order valence-electron chi connectivity index (χ4n) is 4.23. The maximum Gasteiger partial charge on any atom is 0.323 e. The molecule has 0 aromatic heterocycles. The van der Waals surface area contributed by atoms with Crippen LogP contribution in [0, 0.1) is 0 Å². The van der Waals surface area contributed by atoms with E-state index in [1.165, 1.54) is 103 Å². The summed E-state index contributed by atoms with van der Waals surface area (Å²) in [4.78, 5) is 12.0. The topological polar surface area (TPSA) is 52.3 Å². The van der Waals surface area contributed by atoms with Gasteiger partial charge in [0, 0.05) is 0 Å². The molecule has 0 amide bonds. The molecule has 184 valence electrons. The lowest BCUT2D eigenvalue weighted by molar-refractivity contribution is -0.145. The van der Waals surface area contributed by atoms with Crippen LogP contribution in [0.2, 0.25) is 0 Å². The molecule has 0 saturated carbocycles. The highest BCUT2D eigenvalue weighted by atomic mass is 16.5. The quantitative estimate of drug-likeness (QED) is 0.145. The molecule has 3 heteroatoms. The first kappa shape index (κ1) is 28.7. The summed E-state index contributed by atoms with van der Waals surface area (Å²) in [5.41, 5.74) is 7.03. The number of nitrogens with two attached hydrogens (primary N) is 1. The Labute approximate surface area is 198 Å². The predicted molar refractivity (Wildman–Crippen MR) is 138 cm³/mol. The summed E-state index contributed by atoms with van der Waals surface area (Å²) in [6.07, 6.45) is 25.0. The average molecular weight is 446 g/mol.